The molecule has 5 heteroatoms. The maximum absolute atomic E-state index is 10.4. The van der Waals surface area contributed by atoms with E-state index in [0.29, 0.717) is 23.2 Å². The maximum atomic E-state index is 10.4. The topological polar surface area (TPSA) is 71.6 Å². The number of hydrogen-bond donors (Lipinski definition) is 0. The van der Waals surface area contributed by atoms with Gasteiger partial charge >= 0.3 is 0 Å². The highest BCUT2D eigenvalue weighted by Crippen LogP contribution is 2.05. The summed E-state index contributed by atoms with van der Waals surface area (Å²) in [5.74, 6) is 0.571. The van der Waals surface area contributed by atoms with Crippen LogP contribution in [0.15, 0.2) is 30.7 Å². The third-order valence-corrected chi connectivity index (χ3v) is 1.85. The van der Waals surface area contributed by atoms with Gasteiger partial charge in [-0.1, -0.05) is 0 Å². The molecule has 15 heavy (non-hydrogen) atoms. The van der Waals surface area contributed by atoms with E-state index in [2.05, 4.69) is 10.1 Å². The average molecular weight is 198 g/mol. The van der Waals surface area contributed by atoms with E-state index in [0.717, 1.165) is 0 Å². The summed E-state index contributed by atoms with van der Waals surface area (Å²) in [4.78, 5) is 14.5. The molecular weight excluding hydrogens is 192 g/mol. The second-order valence-corrected chi connectivity index (χ2v) is 2.85. The lowest BCUT2D eigenvalue weighted by Crippen LogP contribution is -1.97. The monoisotopic (exact) mass is 198 g/mol. The van der Waals surface area contributed by atoms with Gasteiger partial charge in [0, 0.05) is 12.4 Å². The highest BCUT2D eigenvalue weighted by atomic mass is 16.1. The minimum Gasteiger partial charge on any atom is -0.298 e. The van der Waals surface area contributed by atoms with Gasteiger partial charge in [0.25, 0.3) is 0 Å². The molecule has 2 aromatic rings. The minimum absolute atomic E-state index is 0.487. The largest absolute Gasteiger partial charge is 0.298 e. The second-order valence-electron chi connectivity index (χ2n) is 2.85. The van der Waals surface area contributed by atoms with Crippen molar-refractivity contribution in [2.75, 3.05) is 0 Å². The van der Waals surface area contributed by atoms with Gasteiger partial charge in [-0.3, -0.25) is 4.79 Å². The fourth-order valence-corrected chi connectivity index (χ4v) is 1.11. The second kappa shape index (κ2) is 3.72. The van der Waals surface area contributed by atoms with E-state index in [-0.39, 0.29) is 0 Å². The van der Waals surface area contributed by atoms with Crippen LogP contribution < -0.4 is 0 Å². The molecule has 5 nitrogen and oxygen atoms in total. The first-order chi connectivity index (χ1) is 7.33. The number of aromatic nitrogens is 3. The molecule has 0 saturated carbocycles. The number of carbonyl (C=O) groups excluding carboxylic acids is 1. The van der Waals surface area contributed by atoms with Crippen LogP contribution in [-0.2, 0) is 0 Å². The Bertz CT molecular complexity index is 521. The van der Waals surface area contributed by atoms with Crippen LogP contribution in [0, 0.1) is 11.3 Å². The van der Waals surface area contributed by atoms with Crippen LogP contribution in [0.2, 0.25) is 0 Å². The van der Waals surface area contributed by atoms with Crippen molar-refractivity contribution in [1.29, 1.82) is 5.26 Å². The van der Waals surface area contributed by atoms with E-state index in [1.807, 2.05) is 6.07 Å². The van der Waals surface area contributed by atoms with Crippen LogP contribution in [0.25, 0.3) is 5.82 Å². The van der Waals surface area contributed by atoms with Gasteiger partial charge in [-0.2, -0.15) is 10.4 Å². The number of pyridine rings is 1. The number of carbonyl (C=O) groups is 1. The Hall–Kier alpha value is -2.48. The van der Waals surface area contributed by atoms with Crippen molar-refractivity contribution >= 4 is 6.29 Å². The van der Waals surface area contributed by atoms with Crippen molar-refractivity contribution in [3.05, 3.63) is 41.9 Å². The molecule has 2 heterocycles. The molecule has 72 valence electrons. The third kappa shape index (κ3) is 1.74. The Balaban J connectivity index is 2.37. The van der Waals surface area contributed by atoms with Crippen LogP contribution in [0.1, 0.15) is 15.9 Å². The molecule has 0 aliphatic carbocycles. The van der Waals surface area contributed by atoms with E-state index in [1.165, 1.54) is 17.1 Å². The van der Waals surface area contributed by atoms with Crippen LogP contribution in [-0.4, -0.2) is 21.1 Å². The van der Waals surface area contributed by atoms with Gasteiger partial charge in [0.05, 0.1) is 17.3 Å². The summed E-state index contributed by atoms with van der Waals surface area (Å²) in [6.45, 7) is 0. The van der Waals surface area contributed by atoms with Crippen molar-refractivity contribution in [1.82, 2.24) is 14.8 Å². The maximum Gasteiger partial charge on any atom is 0.153 e. The quantitative estimate of drug-likeness (QED) is 0.673. The minimum atomic E-state index is 0.487. The van der Waals surface area contributed by atoms with Crippen LogP contribution in [0.4, 0.5) is 0 Å². The molecule has 0 amide bonds. The number of aldehydes is 1. The highest BCUT2D eigenvalue weighted by molar-refractivity contribution is 5.73. The lowest BCUT2D eigenvalue weighted by atomic mass is 10.3. The highest BCUT2D eigenvalue weighted by Gasteiger charge is 2.00. The predicted molar refractivity (Wildman–Crippen MR) is 51.5 cm³/mol. The Morgan fingerprint density at radius 1 is 1.40 bits per heavy atom. The molecule has 0 aliphatic heterocycles. The first kappa shape index (κ1) is 9.09. The van der Waals surface area contributed by atoms with Crippen LogP contribution >= 0.6 is 0 Å². The molecule has 0 atom stereocenters. The molecule has 0 aromatic carbocycles. The third-order valence-electron chi connectivity index (χ3n) is 1.85. The van der Waals surface area contributed by atoms with Crippen LogP contribution in [0.3, 0.4) is 0 Å². The van der Waals surface area contributed by atoms with Gasteiger partial charge in [0.1, 0.15) is 6.07 Å². The number of rotatable bonds is 2. The van der Waals surface area contributed by atoms with Crippen molar-refractivity contribution in [3.63, 3.8) is 0 Å². The molecule has 0 fully saturated rings. The number of hydrogen-bond acceptors (Lipinski definition) is 4. The number of nitrogens with zero attached hydrogens (tertiary/aromatic N) is 4. The van der Waals surface area contributed by atoms with Crippen molar-refractivity contribution in [3.8, 4) is 11.9 Å². The summed E-state index contributed by atoms with van der Waals surface area (Å²) >= 11 is 0. The average Bonchev–Trinajstić information content (AvgIpc) is 2.78. The molecule has 0 bridgehead atoms. The predicted octanol–water partition coefficient (Wildman–Crippen LogP) is 0.951. The van der Waals surface area contributed by atoms with E-state index in [4.69, 9.17) is 5.26 Å². The lowest BCUT2D eigenvalue weighted by Gasteiger charge is -1.98. The molecule has 0 aliphatic rings. The van der Waals surface area contributed by atoms with E-state index < -0.39 is 0 Å². The zero-order chi connectivity index (χ0) is 10.7. The van der Waals surface area contributed by atoms with E-state index in [9.17, 15) is 4.79 Å². The van der Waals surface area contributed by atoms with E-state index >= 15 is 0 Å². The van der Waals surface area contributed by atoms with Crippen LogP contribution in [0.5, 0.6) is 0 Å². The molecule has 0 spiro atoms. The fourth-order valence-electron chi connectivity index (χ4n) is 1.11. The summed E-state index contributed by atoms with van der Waals surface area (Å²) in [6.07, 6.45) is 5.19. The summed E-state index contributed by atoms with van der Waals surface area (Å²) < 4.78 is 1.48. The first-order valence-electron chi connectivity index (χ1n) is 4.20. The summed E-state index contributed by atoms with van der Waals surface area (Å²) in [5, 5.41) is 12.5. The fraction of sp³-hybridized carbons (Fsp3) is 0. The summed E-state index contributed by atoms with van der Waals surface area (Å²) in [7, 11) is 0. The van der Waals surface area contributed by atoms with Gasteiger partial charge in [0.15, 0.2) is 12.1 Å². The molecule has 2 aromatic heterocycles. The molecule has 0 saturated heterocycles. The van der Waals surface area contributed by atoms with Gasteiger partial charge in [-0.05, 0) is 12.1 Å². The molecular formula is C10H6N4O. The lowest BCUT2D eigenvalue weighted by molar-refractivity contribution is 0.112. The Kier molecular flexibility index (Phi) is 2.25. The van der Waals surface area contributed by atoms with Gasteiger partial charge in [-0.15, -0.1) is 0 Å². The Morgan fingerprint density at radius 2 is 2.27 bits per heavy atom. The summed E-state index contributed by atoms with van der Waals surface area (Å²) in [5.41, 5.74) is 0.975. The zero-order valence-corrected chi connectivity index (χ0v) is 7.66. The molecule has 0 radical (unpaired) electrons. The first-order valence-corrected chi connectivity index (χ1v) is 4.20. The number of nitriles is 1. The molecule has 0 N–H and O–H groups in total. The summed E-state index contributed by atoms with van der Waals surface area (Å²) in [6, 6.07) is 5.28. The van der Waals surface area contributed by atoms with Crippen molar-refractivity contribution < 1.29 is 4.79 Å². The smallest absolute Gasteiger partial charge is 0.153 e. The van der Waals surface area contributed by atoms with Gasteiger partial charge in [0.2, 0.25) is 0 Å². The van der Waals surface area contributed by atoms with Gasteiger partial charge in [-0.25, -0.2) is 9.67 Å². The van der Waals surface area contributed by atoms with Crippen molar-refractivity contribution in [2.45, 2.75) is 0 Å². The Labute approximate surface area is 85.6 Å². The van der Waals surface area contributed by atoms with Gasteiger partial charge < -0.3 is 0 Å². The van der Waals surface area contributed by atoms with Crippen molar-refractivity contribution in [2.24, 2.45) is 0 Å². The molecule has 0 unspecified atom stereocenters. The zero-order valence-electron chi connectivity index (χ0n) is 7.66. The molecule has 2 rings (SSSR count). The normalized spacial score (nSPS) is 9.53. The Morgan fingerprint density at radius 3 is 2.80 bits per heavy atom. The standard InChI is InChI=1S/C10H6N4O/c11-3-8-1-2-10(12-4-8)14-6-9(7-15)5-13-14/h1-2,4-7H. The van der Waals surface area contributed by atoms with E-state index in [1.54, 1.807) is 18.3 Å². The SMILES string of the molecule is N#Cc1ccc(-n2cc(C=O)cn2)nc1.